The number of halogens is 1. The van der Waals surface area contributed by atoms with Crippen LogP contribution in [0, 0.1) is 5.82 Å². The molecule has 1 N–H and O–H groups in total. The SMILES string of the molecule is CS(=O)(=O)Nc1cccc(C2=NN3[C@@H](c4ccc(F)cc4)Oc4ccccc4[C@@H]3C2)c1. The minimum atomic E-state index is -3.38. The molecular formula is C23H20FN3O3S. The number of para-hydroxylation sites is 1. The van der Waals surface area contributed by atoms with Gasteiger partial charge >= 0.3 is 0 Å². The molecule has 0 saturated heterocycles. The minimum Gasteiger partial charge on any atom is -0.464 e. The lowest BCUT2D eigenvalue weighted by Gasteiger charge is -2.38. The molecule has 3 aromatic carbocycles. The second kappa shape index (κ2) is 7.39. The van der Waals surface area contributed by atoms with Crippen molar-refractivity contribution in [1.82, 2.24) is 5.01 Å². The van der Waals surface area contributed by atoms with E-state index < -0.39 is 16.3 Å². The van der Waals surface area contributed by atoms with E-state index in [1.54, 1.807) is 30.3 Å². The van der Waals surface area contributed by atoms with Crippen LogP contribution >= 0.6 is 0 Å². The zero-order valence-corrected chi connectivity index (χ0v) is 17.5. The van der Waals surface area contributed by atoms with Crippen molar-refractivity contribution in [2.75, 3.05) is 11.0 Å². The third-order valence-corrected chi connectivity index (χ3v) is 5.96. The van der Waals surface area contributed by atoms with Gasteiger partial charge in [0.05, 0.1) is 18.0 Å². The molecule has 6 nitrogen and oxygen atoms in total. The molecular weight excluding hydrogens is 417 g/mol. The Bertz CT molecular complexity index is 1280. The monoisotopic (exact) mass is 437 g/mol. The summed E-state index contributed by atoms with van der Waals surface area (Å²) in [5.74, 6) is 0.472. The normalized spacial score (nSPS) is 19.8. The smallest absolute Gasteiger partial charge is 0.229 e. The van der Waals surface area contributed by atoms with E-state index in [9.17, 15) is 12.8 Å². The van der Waals surface area contributed by atoms with E-state index in [4.69, 9.17) is 9.84 Å². The molecule has 31 heavy (non-hydrogen) atoms. The molecule has 2 atom stereocenters. The average Bonchev–Trinajstić information content (AvgIpc) is 3.19. The van der Waals surface area contributed by atoms with Crippen molar-refractivity contribution in [2.24, 2.45) is 5.10 Å². The van der Waals surface area contributed by atoms with Gasteiger partial charge < -0.3 is 4.74 Å². The quantitative estimate of drug-likeness (QED) is 0.655. The Morgan fingerprint density at radius 2 is 1.84 bits per heavy atom. The molecule has 5 rings (SSSR count). The first-order valence-electron chi connectivity index (χ1n) is 9.82. The van der Waals surface area contributed by atoms with E-state index in [-0.39, 0.29) is 11.9 Å². The molecule has 0 amide bonds. The van der Waals surface area contributed by atoms with Crippen LogP contribution in [0.5, 0.6) is 5.75 Å². The molecule has 2 heterocycles. The first-order valence-corrected chi connectivity index (χ1v) is 11.7. The molecule has 0 spiro atoms. The van der Waals surface area contributed by atoms with Gasteiger partial charge in [-0.15, -0.1) is 0 Å². The fourth-order valence-electron chi connectivity index (χ4n) is 4.03. The molecule has 0 fully saturated rings. The maximum absolute atomic E-state index is 13.5. The Morgan fingerprint density at radius 3 is 2.61 bits per heavy atom. The van der Waals surface area contributed by atoms with Gasteiger partial charge in [-0.1, -0.05) is 42.5 Å². The van der Waals surface area contributed by atoms with Gasteiger partial charge in [0, 0.05) is 23.2 Å². The van der Waals surface area contributed by atoms with Gasteiger partial charge in [0.2, 0.25) is 16.3 Å². The molecule has 2 aliphatic heterocycles. The second-order valence-corrected chi connectivity index (χ2v) is 9.41. The van der Waals surface area contributed by atoms with Crippen LogP contribution in [-0.4, -0.2) is 25.4 Å². The standard InChI is InChI=1S/C23H20FN3O3S/c1-31(28,29)26-18-6-4-5-16(13-18)20-14-21-19-7-2-3-8-22(19)30-23(27(21)25-20)15-9-11-17(24)12-10-15/h2-13,21,23,26H,14H2,1H3/t21-,23+/m0/s1. The van der Waals surface area contributed by atoms with E-state index in [1.165, 1.54) is 12.1 Å². The Balaban J connectivity index is 1.54. The zero-order chi connectivity index (χ0) is 21.6. The number of fused-ring (bicyclic) bond motifs is 3. The number of benzene rings is 3. The lowest BCUT2D eigenvalue weighted by molar-refractivity contribution is -0.0190. The van der Waals surface area contributed by atoms with Crippen LogP contribution in [0.2, 0.25) is 0 Å². The predicted molar refractivity (Wildman–Crippen MR) is 117 cm³/mol. The lowest BCUT2D eigenvalue weighted by Crippen LogP contribution is -2.33. The van der Waals surface area contributed by atoms with Crippen molar-refractivity contribution < 1.29 is 17.5 Å². The van der Waals surface area contributed by atoms with Crippen molar-refractivity contribution in [3.63, 3.8) is 0 Å². The maximum Gasteiger partial charge on any atom is 0.229 e. The molecule has 0 aliphatic carbocycles. The van der Waals surface area contributed by atoms with Crippen LogP contribution in [0.25, 0.3) is 0 Å². The third kappa shape index (κ3) is 3.86. The number of hydrogen-bond acceptors (Lipinski definition) is 5. The van der Waals surface area contributed by atoms with Gasteiger partial charge in [-0.3, -0.25) is 4.72 Å². The van der Waals surface area contributed by atoms with Gasteiger partial charge in [-0.05, 0) is 35.9 Å². The van der Waals surface area contributed by atoms with Crippen molar-refractivity contribution in [2.45, 2.75) is 18.7 Å². The number of nitrogens with zero attached hydrogens (tertiary/aromatic N) is 2. The number of nitrogens with one attached hydrogen (secondary N) is 1. The highest BCUT2D eigenvalue weighted by atomic mass is 32.2. The molecule has 0 aromatic heterocycles. The fraction of sp³-hybridized carbons (Fsp3) is 0.174. The van der Waals surface area contributed by atoms with Crippen molar-refractivity contribution >= 4 is 21.4 Å². The Kier molecular flexibility index (Phi) is 4.66. The summed E-state index contributed by atoms with van der Waals surface area (Å²) in [5.41, 5.74) is 3.98. The average molecular weight is 437 g/mol. The first kappa shape index (κ1) is 19.6. The van der Waals surface area contributed by atoms with Crippen LogP contribution < -0.4 is 9.46 Å². The summed E-state index contributed by atoms with van der Waals surface area (Å²) in [5, 5.41) is 6.76. The van der Waals surface area contributed by atoms with Gasteiger partial charge in [-0.25, -0.2) is 17.8 Å². The number of hydrogen-bond donors (Lipinski definition) is 1. The summed E-state index contributed by atoms with van der Waals surface area (Å²) in [6, 6.07) is 21.2. The van der Waals surface area contributed by atoms with Gasteiger partial charge in [-0.2, -0.15) is 5.10 Å². The molecule has 0 unspecified atom stereocenters. The molecule has 3 aromatic rings. The first-order chi connectivity index (χ1) is 14.9. The van der Waals surface area contributed by atoms with E-state index in [0.29, 0.717) is 12.1 Å². The van der Waals surface area contributed by atoms with Gasteiger partial charge in [0.1, 0.15) is 11.6 Å². The highest BCUT2D eigenvalue weighted by molar-refractivity contribution is 7.92. The maximum atomic E-state index is 13.5. The third-order valence-electron chi connectivity index (χ3n) is 5.35. The van der Waals surface area contributed by atoms with Crippen LogP contribution in [0.4, 0.5) is 10.1 Å². The topological polar surface area (TPSA) is 71.0 Å². The predicted octanol–water partition coefficient (Wildman–Crippen LogP) is 4.44. The summed E-state index contributed by atoms with van der Waals surface area (Å²) >= 11 is 0. The fourth-order valence-corrected chi connectivity index (χ4v) is 4.59. The Hall–Kier alpha value is -3.39. The van der Waals surface area contributed by atoms with E-state index in [2.05, 4.69) is 4.72 Å². The van der Waals surface area contributed by atoms with Gasteiger partial charge in [0.15, 0.2) is 0 Å². The molecule has 0 bridgehead atoms. The number of sulfonamides is 1. The van der Waals surface area contributed by atoms with Crippen LogP contribution in [-0.2, 0) is 10.0 Å². The van der Waals surface area contributed by atoms with E-state index in [0.717, 1.165) is 34.4 Å². The number of ether oxygens (including phenoxy) is 1. The second-order valence-electron chi connectivity index (χ2n) is 7.66. The summed E-state index contributed by atoms with van der Waals surface area (Å²) in [6.07, 6.45) is 1.27. The zero-order valence-electron chi connectivity index (χ0n) is 16.7. The number of rotatable bonds is 4. The van der Waals surface area contributed by atoms with E-state index in [1.807, 2.05) is 35.3 Å². The van der Waals surface area contributed by atoms with Crippen molar-refractivity contribution in [1.29, 1.82) is 0 Å². The van der Waals surface area contributed by atoms with Crippen molar-refractivity contribution in [3.05, 3.63) is 95.3 Å². The summed E-state index contributed by atoms with van der Waals surface area (Å²) in [4.78, 5) is 0. The largest absolute Gasteiger partial charge is 0.464 e. The van der Waals surface area contributed by atoms with Crippen LogP contribution in [0.3, 0.4) is 0 Å². The molecule has 0 radical (unpaired) electrons. The summed E-state index contributed by atoms with van der Waals surface area (Å²) in [7, 11) is -3.38. The molecule has 8 heteroatoms. The minimum absolute atomic E-state index is 0.0403. The van der Waals surface area contributed by atoms with E-state index >= 15 is 0 Å². The molecule has 0 saturated carbocycles. The number of anilines is 1. The van der Waals surface area contributed by atoms with Gasteiger partial charge in [0.25, 0.3) is 0 Å². The Labute approximate surface area is 180 Å². The molecule has 158 valence electrons. The Morgan fingerprint density at radius 1 is 1.06 bits per heavy atom. The number of hydrazone groups is 1. The summed E-state index contributed by atoms with van der Waals surface area (Å²) < 4.78 is 45.4. The molecule has 2 aliphatic rings. The highest BCUT2D eigenvalue weighted by Crippen LogP contribution is 2.47. The summed E-state index contributed by atoms with van der Waals surface area (Å²) in [6.45, 7) is 0. The van der Waals surface area contributed by atoms with Crippen LogP contribution in [0.1, 0.15) is 35.4 Å². The lowest BCUT2D eigenvalue weighted by atomic mass is 9.96. The van der Waals surface area contributed by atoms with Crippen molar-refractivity contribution in [3.8, 4) is 5.75 Å². The van der Waals surface area contributed by atoms with Crippen LogP contribution in [0.15, 0.2) is 77.9 Å². The highest BCUT2D eigenvalue weighted by Gasteiger charge is 2.40.